The Morgan fingerprint density at radius 2 is 2.35 bits per heavy atom. The summed E-state index contributed by atoms with van der Waals surface area (Å²) in [5.74, 6) is -0.384. The first-order valence-corrected chi connectivity index (χ1v) is 6.72. The van der Waals surface area contributed by atoms with E-state index in [0.717, 1.165) is 25.9 Å². The summed E-state index contributed by atoms with van der Waals surface area (Å²) in [4.78, 5) is 24.2. The summed E-state index contributed by atoms with van der Waals surface area (Å²) < 4.78 is 1.23. The third-order valence-corrected chi connectivity index (χ3v) is 3.45. The van der Waals surface area contributed by atoms with Crippen LogP contribution in [0.15, 0.2) is 6.20 Å². The van der Waals surface area contributed by atoms with E-state index in [9.17, 15) is 9.59 Å². The standard InChI is InChI=1S/C12H19N5O3/c1-2-9-3-4-16(6-9)12(20)13-5-10-7-17(15-14-10)8-11(18)19/h7,9H,2-6,8H2,1H3,(H,13,20)(H,18,19). The fourth-order valence-corrected chi connectivity index (χ4v) is 2.26. The van der Waals surface area contributed by atoms with Gasteiger partial charge >= 0.3 is 12.0 Å². The zero-order valence-electron chi connectivity index (χ0n) is 11.4. The largest absolute Gasteiger partial charge is 0.480 e. The molecule has 1 unspecified atom stereocenters. The van der Waals surface area contributed by atoms with E-state index in [-0.39, 0.29) is 19.1 Å². The predicted octanol–water partition coefficient (Wildman–Crippen LogP) is 0.304. The van der Waals surface area contributed by atoms with Crippen LogP contribution in [-0.2, 0) is 17.9 Å². The Kier molecular flexibility index (Phi) is 4.54. The maximum absolute atomic E-state index is 11.9. The van der Waals surface area contributed by atoms with Crippen LogP contribution in [0.1, 0.15) is 25.5 Å². The molecule has 2 N–H and O–H groups in total. The molecule has 2 heterocycles. The van der Waals surface area contributed by atoms with Crippen molar-refractivity contribution in [1.29, 1.82) is 0 Å². The van der Waals surface area contributed by atoms with Gasteiger partial charge in [-0.25, -0.2) is 9.48 Å². The van der Waals surface area contributed by atoms with Crippen LogP contribution in [0.3, 0.4) is 0 Å². The van der Waals surface area contributed by atoms with Gasteiger partial charge in [0.15, 0.2) is 0 Å². The highest BCUT2D eigenvalue weighted by Gasteiger charge is 2.24. The van der Waals surface area contributed by atoms with E-state index >= 15 is 0 Å². The number of carboxylic acid groups (broad SMARTS) is 1. The molecule has 0 saturated carbocycles. The van der Waals surface area contributed by atoms with Crippen LogP contribution in [0.2, 0.25) is 0 Å². The van der Waals surface area contributed by atoms with Gasteiger partial charge in [0.25, 0.3) is 0 Å². The molecular formula is C12H19N5O3. The quantitative estimate of drug-likeness (QED) is 0.808. The molecule has 1 fully saturated rings. The molecule has 20 heavy (non-hydrogen) atoms. The van der Waals surface area contributed by atoms with Gasteiger partial charge in [-0.1, -0.05) is 18.6 Å². The second-order valence-electron chi connectivity index (χ2n) is 4.97. The summed E-state index contributed by atoms with van der Waals surface area (Å²) in [6, 6.07) is -0.103. The van der Waals surface area contributed by atoms with Crippen molar-refractivity contribution in [2.24, 2.45) is 5.92 Å². The summed E-state index contributed by atoms with van der Waals surface area (Å²) in [7, 11) is 0. The molecule has 0 spiro atoms. The minimum Gasteiger partial charge on any atom is -0.480 e. The van der Waals surface area contributed by atoms with E-state index in [1.807, 2.05) is 0 Å². The van der Waals surface area contributed by atoms with Crippen molar-refractivity contribution in [2.75, 3.05) is 13.1 Å². The van der Waals surface area contributed by atoms with Gasteiger partial charge in [-0.3, -0.25) is 4.79 Å². The first-order chi connectivity index (χ1) is 9.58. The Balaban J connectivity index is 1.78. The predicted molar refractivity (Wildman–Crippen MR) is 69.9 cm³/mol. The lowest BCUT2D eigenvalue weighted by molar-refractivity contribution is -0.137. The molecule has 1 atom stereocenters. The highest BCUT2D eigenvalue weighted by Crippen LogP contribution is 2.18. The van der Waals surface area contributed by atoms with E-state index in [2.05, 4.69) is 22.6 Å². The molecule has 0 radical (unpaired) electrons. The second-order valence-corrected chi connectivity index (χ2v) is 4.97. The van der Waals surface area contributed by atoms with Gasteiger partial charge in [-0.05, 0) is 12.3 Å². The summed E-state index contributed by atoms with van der Waals surface area (Å²) in [5.41, 5.74) is 0.547. The number of amides is 2. The van der Waals surface area contributed by atoms with E-state index in [1.165, 1.54) is 10.9 Å². The van der Waals surface area contributed by atoms with Crippen molar-refractivity contribution >= 4 is 12.0 Å². The fourth-order valence-electron chi connectivity index (χ4n) is 2.26. The third kappa shape index (κ3) is 3.69. The molecule has 0 bridgehead atoms. The third-order valence-electron chi connectivity index (χ3n) is 3.45. The first-order valence-electron chi connectivity index (χ1n) is 6.72. The number of hydrogen-bond donors (Lipinski definition) is 2. The SMILES string of the molecule is CCC1CCN(C(=O)NCc2cn(CC(=O)O)nn2)C1. The van der Waals surface area contributed by atoms with Crippen molar-refractivity contribution in [1.82, 2.24) is 25.2 Å². The van der Waals surface area contributed by atoms with Crippen LogP contribution in [0.4, 0.5) is 4.79 Å². The lowest BCUT2D eigenvalue weighted by Crippen LogP contribution is -2.38. The summed E-state index contributed by atoms with van der Waals surface area (Å²) in [5, 5.41) is 18.9. The van der Waals surface area contributed by atoms with Crippen LogP contribution >= 0.6 is 0 Å². The summed E-state index contributed by atoms with van der Waals surface area (Å²) in [6.07, 6.45) is 3.67. The Labute approximate surface area is 116 Å². The molecule has 2 rings (SSSR count). The highest BCUT2D eigenvalue weighted by molar-refractivity contribution is 5.74. The lowest BCUT2D eigenvalue weighted by Gasteiger charge is -2.16. The molecule has 1 aromatic rings. The molecule has 1 aromatic heterocycles. The molecule has 8 heteroatoms. The summed E-state index contributed by atoms with van der Waals surface area (Å²) in [6.45, 7) is 3.74. The normalized spacial score (nSPS) is 18.2. The van der Waals surface area contributed by atoms with Gasteiger partial charge in [-0.2, -0.15) is 0 Å². The molecule has 1 aliphatic rings. The molecule has 8 nitrogen and oxygen atoms in total. The number of aliphatic carboxylic acids is 1. The average Bonchev–Trinajstić information content (AvgIpc) is 3.04. The minimum atomic E-state index is -0.979. The fraction of sp³-hybridized carbons (Fsp3) is 0.667. The molecular weight excluding hydrogens is 262 g/mol. The van der Waals surface area contributed by atoms with E-state index in [0.29, 0.717) is 11.6 Å². The monoisotopic (exact) mass is 281 g/mol. The molecule has 1 saturated heterocycles. The topological polar surface area (TPSA) is 100 Å². The maximum Gasteiger partial charge on any atom is 0.325 e. The van der Waals surface area contributed by atoms with Crippen LogP contribution in [0.25, 0.3) is 0 Å². The molecule has 0 aromatic carbocycles. The number of nitrogens with one attached hydrogen (secondary N) is 1. The second kappa shape index (κ2) is 6.36. The van der Waals surface area contributed by atoms with Gasteiger partial charge in [0.05, 0.1) is 12.7 Å². The lowest BCUT2D eigenvalue weighted by atomic mass is 10.1. The first kappa shape index (κ1) is 14.3. The zero-order valence-corrected chi connectivity index (χ0v) is 11.4. The smallest absolute Gasteiger partial charge is 0.325 e. The van der Waals surface area contributed by atoms with Gasteiger partial charge in [0.1, 0.15) is 12.2 Å². The van der Waals surface area contributed by atoms with Crippen molar-refractivity contribution < 1.29 is 14.7 Å². The molecule has 0 aliphatic carbocycles. The van der Waals surface area contributed by atoms with Crippen molar-refractivity contribution in [2.45, 2.75) is 32.9 Å². The highest BCUT2D eigenvalue weighted by atomic mass is 16.4. The Hall–Kier alpha value is -2.12. The van der Waals surface area contributed by atoms with Gasteiger partial charge in [0, 0.05) is 13.1 Å². The number of rotatable bonds is 5. The minimum absolute atomic E-state index is 0.103. The van der Waals surface area contributed by atoms with E-state index in [4.69, 9.17) is 5.11 Å². The number of carbonyl (C=O) groups is 2. The number of nitrogens with zero attached hydrogens (tertiary/aromatic N) is 4. The number of urea groups is 1. The van der Waals surface area contributed by atoms with Gasteiger partial charge < -0.3 is 15.3 Å². The number of carboxylic acids is 1. The zero-order chi connectivity index (χ0) is 14.5. The number of likely N-dealkylation sites (tertiary alicyclic amines) is 1. The Bertz CT molecular complexity index is 487. The van der Waals surface area contributed by atoms with E-state index < -0.39 is 5.97 Å². The number of carbonyl (C=O) groups excluding carboxylic acids is 1. The number of aromatic nitrogens is 3. The van der Waals surface area contributed by atoms with E-state index in [1.54, 1.807) is 4.90 Å². The maximum atomic E-state index is 11.9. The van der Waals surface area contributed by atoms with Crippen molar-refractivity contribution in [3.05, 3.63) is 11.9 Å². The molecule has 2 amide bonds. The van der Waals surface area contributed by atoms with Crippen LogP contribution in [0.5, 0.6) is 0 Å². The average molecular weight is 281 g/mol. The summed E-state index contributed by atoms with van der Waals surface area (Å²) >= 11 is 0. The van der Waals surface area contributed by atoms with Crippen LogP contribution in [0, 0.1) is 5.92 Å². The Morgan fingerprint density at radius 3 is 3.00 bits per heavy atom. The van der Waals surface area contributed by atoms with Crippen LogP contribution < -0.4 is 5.32 Å². The van der Waals surface area contributed by atoms with Crippen molar-refractivity contribution in [3.63, 3.8) is 0 Å². The van der Waals surface area contributed by atoms with Crippen molar-refractivity contribution in [3.8, 4) is 0 Å². The molecule has 110 valence electrons. The number of hydrogen-bond acceptors (Lipinski definition) is 4. The Morgan fingerprint density at radius 1 is 1.55 bits per heavy atom. The van der Waals surface area contributed by atoms with Crippen LogP contribution in [-0.4, -0.2) is 50.1 Å². The molecule has 1 aliphatic heterocycles. The van der Waals surface area contributed by atoms with Gasteiger partial charge in [0.2, 0.25) is 0 Å². The van der Waals surface area contributed by atoms with Gasteiger partial charge in [-0.15, -0.1) is 5.10 Å².